The van der Waals surface area contributed by atoms with Crippen LogP contribution in [0.5, 0.6) is 0 Å². The van der Waals surface area contributed by atoms with E-state index in [0.717, 1.165) is 13.2 Å². The van der Waals surface area contributed by atoms with E-state index in [1.807, 2.05) is 0 Å². The molecule has 0 aromatic rings. The van der Waals surface area contributed by atoms with Crippen molar-refractivity contribution in [2.45, 2.75) is 39.5 Å². The summed E-state index contributed by atoms with van der Waals surface area (Å²) in [6.45, 7) is 7.67. The third kappa shape index (κ3) is 44.9. The molecule has 0 atom stereocenters. The van der Waals surface area contributed by atoms with Gasteiger partial charge in [-0.15, -0.1) is 0 Å². The minimum Gasteiger partial charge on any atom is -0.394 e. The van der Waals surface area contributed by atoms with Crippen molar-refractivity contribution in [3.63, 3.8) is 0 Å². The van der Waals surface area contributed by atoms with E-state index < -0.39 is 0 Å². The highest BCUT2D eigenvalue weighted by Gasteiger charge is 1.84. The van der Waals surface area contributed by atoms with Crippen molar-refractivity contribution in [3.05, 3.63) is 0 Å². The molecule has 0 spiro atoms. The van der Waals surface area contributed by atoms with Gasteiger partial charge in [0, 0.05) is 13.2 Å². The molecule has 144 valence electrons. The van der Waals surface area contributed by atoms with Crippen molar-refractivity contribution in [1.82, 2.24) is 0 Å². The second-order valence-corrected chi connectivity index (χ2v) is 4.44. The van der Waals surface area contributed by atoms with Crippen molar-refractivity contribution in [3.8, 4) is 0 Å². The van der Waals surface area contributed by atoms with E-state index in [-0.39, 0.29) is 26.4 Å². The van der Waals surface area contributed by atoms with Crippen molar-refractivity contribution >= 4 is 0 Å². The van der Waals surface area contributed by atoms with Crippen LogP contribution in [0.3, 0.4) is 0 Å². The maximum atomic E-state index is 8.09. The second kappa shape index (κ2) is 33.4. The van der Waals surface area contributed by atoms with E-state index >= 15 is 0 Å². The average molecular weight is 342 g/mol. The van der Waals surface area contributed by atoms with Gasteiger partial charge in [-0.05, 0) is 12.8 Å². The molecule has 0 saturated heterocycles. The summed E-state index contributed by atoms with van der Waals surface area (Å²) in [5, 5.41) is 32.3. The molecule has 0 saturated carbocycles. The minimum absolute atomic E-state index is 0.0278. The second-order valence-electron chi connectivity index (χ2n) is 4.44. The molecule has 4 N–H and O–H groups in total. The van der Waals surface area contributed by atoms with E-state index in [1.54, 1.807) is 0 Å². The molecular weight excluding hydrogens is 304 g/mol. The summed E-state index contributed by atoms with van der Waals surface area (Å²) in [5.74, 6) is 0. The Kier molecular flexibility index (Phi) is 40.0. The molecule has 7 heteroatoms. The Balaban J connectivity index is -0.000000264. The normalized spacial score (nSPS) is 9.65. The fourth-order valence-corrected chi connectivity index (χ4v) is 1.06. The fraction of sp³-hybridized carbons (Fsp3) is 1.00. The lowest BCUT2D eigenvalue weighted by Crippen LogP contribution is -2.03. The number of hydrogen-bond donors (Lipinski definition) is 4. The van der Waals surface area contributed by atoms with Gasteiger partial charge in [0.05, 0.1) is 52.9 Å². The molecule has 0 aliphatic carbocycles. The van der Waals surface area contributed by atoms with Gasteiger partial charge in [0.15, 0.2) is 0 Å². The van der Waals surface area contributed by atoms with Gasteiger partial charge in [0.25, 0.3) is 0 Å². The summed E-state index contributed by atoms with van der Waals surface area (Å²) in [6.07, 6.45) is 4.91. The third-order valence-electron chi connectivity index (χ3n) is 2.23. The Bertz CT molecular complexity index is 135. The van der Waals surface area contributed by atoms with Crippen LogP contribution in [0.25, 0.3) is 0 Å². The van der Waals surface area contributed by atoms with Gasteiger partial charge in [0.2, 0.25) is 0 Å². The number of aliphatic hydroxyl groups is 4. The molecular formula is C16H38O7. The number of aliphatic hydroxyl groups excluding tert-OH is 4. The Morgan fingerprint density at radius 3 is 0.957 bits per heavy atom. The quantitative estimate of drug-likeness (QED) is 0.342. The van der Waals surface area contributed by atoms with Crippen LogP contribution in [0, 0.1) is 0 Å². The maximum Gasteiger partial charge on any atom is 0.0698 e. The lowest BCUT2D eigenvalue weighted by atomic mass is 10.3. The summed E-state index contributed by atoms with van der Waals surface area (Å²) < 4.78 is 14.6. The summed E-state index contributed by atoms with van der Waals surface area (Å²) >= 11 is 0. The first-order valence-corrected chi connectivity index (χ1v) is 8.41. The summed E-state index contributed by atoms with van der Waals surface area (Å²) in [5.41, 5.74) is 0. The number of hydrogen-bond acceptors (Lipinski definition) is 7. The Hall–Kier alpha value is -0.280. The van der Waals surface area contributed by atoms with E-state index in [2.05, 4.69) is 23.3 Å². The van der Waals surface area contributed by atoms with Crippen LogP contribution in [0.2, 0.25) is 0 Å². The summed E-state index contributed by atoms with van der Waals surface area (Å²) in [7, 11) is 0. The average Bonchev–Trinajstić information content (AvgIpc) is 2.57. The first-order chi connectivity index (χ1) is 11.2. The zero-order valence-electron chi connectivity index (χ0n) is 14.9. The molecule has 0 fully saturated rings. The van der Waals surface area contributed by atoms with Gasteiger partial charge in [-0.1, -0.05) is 26.7 Å². The van der Waals surface area contributed by atoms with Crippen LogP contribution in [-0.2, 0) is 14.2 Å². The summed E-state index contributed by atoms with van der Waals surface area (Å²) in [4.78, 5) is 0. The predicted molar refractivity (Wildman–Crippen MR) is 90.6 cm³/mol. The lowest BCUT2D eigenvalue weighted by Gasteiger charge is -1.99. The molecule has 0 aromatic heterocycles. The smallest absolute Gasteiger partial charge is 0.0698 e. The zero-order valence-corrected chi connectivity index (χ0v) is 14.9. The van der Waals surface area contributed by atoms with Gasteiger partial charge in [-0.2, -0.15) is 0 Å². The SMILES string of the molecule is CCCCOCCCC.OCCOCCO.OCCOCCO. The Morgan fingerprint density at radius 1 is 0.478 bits per heavy atom. The van der Waals surface area contributed by atoms with Crippen molar-refractivity contribution in [2.75, 3.05) is 66.1 Å². The fourth-order valence-electron chi connectivity index (χ4n) is 1.06. The first kappa shape index (κ1) is 27.6. The largest absolute Gasteiger partial charge is 0.394 e. The molecule has 0 aliphatic heterocycles. The molecule has 0 rings (SSSR count). The van der Waals surface area contributed by atoms with Crippen LogP contribution in [-0.4, -0.2) is 86.5 Å². The molecule has 0 amide bonds. The van der Waals surface area contributed by atoms with E-state index in [9.17, 15) is 0 Å². The molecule has 0 heterocycles. The highest BCUT2D eigenvalue weighted by atomic mass is 16.5. The van der Waals surface area contributed by atoms with Crippen LogP contribution in [0.4, 0.5) is 0 Å². The molecule has 0 unspecified atom stereocenters. The number of rotatable bonds is 14. The minimum atomic E-state index is 0.0278. The topological polar surface area (TPSA) is 109 Å². The van der Waals surface area contributed by atoms with Gasteiger partial charge >= 0.3 is 0 Å². The zero-order chi connectivity index (χ0) is 18.0. The number of ether oxygens (including phenoxy) is 3. The van der Waals surface area contributed by atoms with E-state index in [0.29, 0.717) is 26.4 Å². The van der Waals surface area contributed by atoms with Crippen LogP contribution in [0.1, 0.15) is 39.5 Å². The molecule has 7 nitrogen and oxygen atoms in total. The van der Waals surface area contributed by atoms with Crippen LogP contribution >= 0.6 is 0 Å². The Morgan fingerprint density at radius 2 is 0.739 bits per heavy atom. The van der Waals surface area contributed by atoms with Gasteiger partial charge < -0.3 is 34.6 Å². The predicted octanol–water partition coefficient (Wildman–Crippen LogP) is 0.578. The van der Waals surface area contributed by atoms with Gasteiger partial charge in [-0.25, -0.2) is 0 Å². The highest BCUT2D eigenvalue weighted by molar-refractivity contribution is 4.34. The monoisotopic (exact) mass is 342 g/mol. The molecule has 0 aromatic carbocycles. The maximum absolute atomic E-state index is 8.09. The van der Waals surface area contributed by atoms with E-state index in [4.69, 9.17) is 25.2 Å². The summed E-state index contributed by atoms with van der Waals surface area (Å²) in [6, 6.07) is 0. The Labute approximate surface area is 141 Å². The van der Waals surface area contributed by atoms with Crippen molar-refractivity contribution < 1.29 is 34.6 Å². The van der Waals surface area contributed by atoms with Crippen molar-refractivity contribution in [2.24, 2.45) is 0 Å². The molecule has 23 heavy (non-hydrogen) atoms. The van der Waals surface area contributed by atoms with Gasteiger partial charge in [0.1, 0.15) is 0 Å². The molecule has 0 radical (unpaired) electrons. The van der Waals surface area contributed by atoms with Gasteiger partial charge in [-0.3, -0.25) is 0 Å². The lowest BCUT2D eigenvalue weighted by molar-refractivity contribution is 0.0649. The molecule has 0 aliphatic rings. The third-order valence-corrected chi connectivity index (χ3v) is 2.23. The van der Waals surface area contributed by atoms with E-state index in [1.165, 1.54) is 25.7 Å². The van der Waals surface area contributed by atoms with Crippen molar-refractivity contribution in [1.29, 1.82) is 0 Å². The highest BCUT2D eigenvalue weighted by Crippen LogP contribution is 1.91. The molecule has 0 bridgehead atoms. The first-order valence-electron chi connectivity index (χ1n) is 8.41. The van der Waals surface area contributed by atoms with Crippen LogP contribution < -0.4 is 0 Å². The number of unbranched alkanes of at least 4 members (excludes halogenated alkanes) is 2. The van der Waals surface area contributed by atoms with Crippen LogP contribution in [0.15, 0.2) is 0 Å². The standard InChI is InChI=1S/C8H18O.2C4H10O3/c1-3-5-7-9-8-6-4-2;2*5-1-3-7-4-2-6/h3-8H2,1-2H3;2*5-6H,1-4H2.